The minimum absolute atomic E-state index is 0.126. The summed E-state index contributed by atoms with van der Waals surface area (Å²) in [4.78, 5) is 11.2. The number of amides is 1. The van der Waals surface area contributed by atoms with Crippen LogP contribution in [0.2, 0.25) is 0 Å². The van der Waals surface area contributed by atoms with Crippen LogP contribution in [0.25, 0.3) is 0 Å². The Kier molecular flexibility index (Phi) is 4.78. The van der Waals surface area contributed by atoms with Gasteiger partial charge >= 0.3 is 0 Å². The van der Waals surface area contributed by atoms with Gasteiger partial charge in [-0.25, -0.2) is 0 Å². The summed E-state index contributed by atoms with van der Waals surface area (Å²) in [7, 11) is 1.85. The predicted octanol–water partition coefficient (Wildman–Crippen LogP) is -0.251. The van der Waals surface area contributed by atoms with E-state index in [-0.39, 0.29) is 5.91 Å². The van der Waals surface area contributed by atoms with Crippen molar-refractivity contribution in [1.82, 2.24) is 10.6 Å². The summed E-state index contributed by atoms with van der Waals surface area (Å²) >= 11 is 0. The van der Waals surface area contributed by atoms with Gasteiger partial charge in [-0.05, 0) is 13.5 Å². The minimum atomic E-state index is 0.126. The molecule has 2 N–H and O–H groups in total. The van der Waals surface area contributed by atoms with E-state index in [0.717, 1.165) is 32.7 Å². The van der Waals surface area contributed by atoms with Gasteiger partial charge in [0.05, 0.1) is 6.61 Å². The first kappa shape index (κ1) is 10.5. The Morgan fingerprint density at radius 2 is 2.46 bits per heavy atom. The van der Waals surface area contributed by atoms with Crippen LogP contribution in [0.4, 0.5) is 0 Å². The molecule has 0 bridgehead atoms. The van der Waals surface area contributed by atoms with Gasteiger partial charge in [0.2, 0.25) is 5.91 Å². The monoisotopic (exact) mass is 186 g/mol. The molecule has 4 heteroatoms. The number of carbonyl (C=O) groups is 1. The average Bonchev–Trinajstić information content (AvgIpc) is 2.64. The molecule has 0 aromatic heterocycles. The standard InChI is InChI=1S/C9H18N2O2/c1-10-4-2-9(12)11-6-8-3-5-13-7-8/h8,10H,2-7H2,1H3,(H,11,12). The van der Waals surface area contributed by atoms with E-state index in [1.165, 1.54) is 0 Å². The molecule has 13 heavy (non-hydrogen) atoms. The zero-order valence-electron chi connectivity index (χ0n) is 8.14. The summed E-state index contributed by atoms with van der Waals surface area (Å²) in [5, 5.41) is 5.84. The molecule has 0 aliphatic carbocycles. The van der Waals surface area contributed by atoms with Gasteiger partial charge in [-0.15, -0.1) is 0 Å². The van der Waals surface area contributed by atoms with Crippen LogP contribution >= 0.6 is 0 Å². The summed E-state index contributed by atoms with van der Waals surface area (Å²) in [5.41, 5.74) is 0. The molecule has 76 valence electrons. The van der Waals surface area contributed by atoms with Crippen molar-refractivity contribution in [2.75, 3.05) is 33.4 Å². The average molecular weight is 186 g/mol. The van der Waals surface area contributed by atoms with Crippen molar-refractivity contribution < 1.29 is 9.53 Å². The second-order valence-electron chi connectivity index (χ2n) is 3.39. The SMILES string of the molecule is CNCCC(=O)NCC1CCOC1. The van der Waals surface area contributed by atoms with Crippen molar-refractivity contribution in [2.45, 2.75) is 12.8 Å². The molecule has 1 aliphatic heterocycles. The topological polar surface area (TPSA) is 50.4 Å². The Hall–Kier alpha value is -0.610. The molecule has 1 fully saturated rings. The van der Waals surface area contributed by atoms with E-state index in [2.05, 4.69) is 10.6 Å². The van der Waals surface area contributed by atoms with Gasteiger partial charge in [-0.2, -0.15) is 0 Å². The van der Waals surface area contributed by atoms with Crippen LogP contribution in [0.5, 0.6) is 0 Å². The van der Waals surface area contributed by atoms with Crippen LogP contribution in [-0.4, -0.2) is 39.3 Å². The van der Waals surface area contributed by atoms with Crippen molar-refractivity contribution in [3.63, 3.8) is 0 Å². The van der Waals surface area contributed by atoms with Gasteiger partial charge in [-0.1, -0.05) is 0 Å². The first-order chi connectivity index (χ1) is 6.33. The Balaban J connectivity index is 2.00. The highest BCUT2D eigenvalue weighted by atomic mass is 16.5. The lowest BCUT2D eigenvalue weighted by Gasteiger charge is -2.08. The molecule has 1 heterocycles. The largest absolute Gasteiger partial charge is 0.381 e. The van der Waals surface area contributed by atoms with E-state index in [9.17, 15) is 4.79 Å². The number of carbonyl (C=O) groups excluding carboxylic acids is 1. The number of nitrogens with one attached hydrogen (secondary N) is 2. The lowest BCUT2D eigenvalue weighted by Crippen LogP contribution is -2.31. The number of hydrogen-bond acceptors (Lipinski definition) is 3. The lowest BCUT2D eigenvalue weighted by atomic mass is 10.1. The smallest absolute Gasteiger partial charge is 0.221 e. The molecule has 0 aromatic rings. The van der Waals surface area contributed by atoms with E-state index in [1.807, 2.05) is 7.05 Å². The van der Waals surface area contributed by atoms with Crippen LogP contribution < -0.4 is 10.6 Å². The summed E-state index contributed by atoms with van der Waals surface area (Å²) in [5.74, 6) is 0.653. The van der Waals surface area contributed by atoms with Crippen molar-refractivity contribution in [1.29, 1.82) is 0 Å². The van der Waals surface area contributed by atoms with Crippen LogP contribution in [-0.2, 0) is 9.53 Å². The highest BCUT2D eigenvalue weighted by Gasteiger charge is 2.15. The summed E-state index contributed by atoms with van der Waals surface area (Å²) in [6.45, 7) is 3.15. The molecule has 0 aromatic carbocycles. The summed E-state index contributed by atoms with van der Waals surface area (Å²) < 4.78 is 5.21. The fourth-order valence-electron chi connectivity index (χ4n) is 1.33. The quantitative estimate of drug-likeness (QED) is 0.622. The molecule has 0 radical (unpaired) electrons. The molecule has 1 amide bonds. The molecular weight excluding hydrogens is 168 g/mol. The minimum Gasteiger partial charge on any atom is -0.381 e. The first-order valence-corrected chi connectivity index (χ1v) is 4.82. The van der Waals surface area contributed by atoms with Gasteiger partial charge in [0.25, 0.3) is 0 Å². The lowest BCUT2D eigenvalue weighted by molar-refractivity contribution is -0.121. The normalized spacial score (nSPS) is 21.8. The third-order valence-corrected chi connectivity index (χ3v) is 2.21. The molecule has 1 rings (SSSR count). The van der Waals surface area contributed by atoms with Crippen molar-refractivity contribution in [2.24, 2.45) is 5.92 Å². The zero-order chi connectivity index (χ0) is 9.52. The van der Waals surface area contributed by atoms with Crippen LogP contribution in [0.1, 0.15) is 12.8 Å². The zero-order valence-corrected chi connectivity index (χ0v) is 8.14. The second-order valence-corrected chi connectivity index (χ2v) is 3.39. The number of hydrogen-bond donors (Lipinski definition) is 2. The highest BCUT2D eigenvalue weighted by molar-refractivity contribution is 5.76. The summed E-state index contributed by atoms with van der Waals surface area (Å²) in [6, 6.07) is 0. The van der Waals surface area contributed by atoms with Crippen LogP contribution in [0, 0.1) is 5.92 Å². The second kappa shape index (κ2) is 5.94. The molecule has 1 unspecified atom stereocenters. The van der Waals surface area contributed by atoms with Crippen LogP contribution in [0.15, 0.2) is 0 Å². The van der Waals surface area contributed by atoms with Crippen molar-refractivity contribution in [3.8, 4) is 0 Å². The van der Waals surface area contributed by atoms with Crippen molar-refractivity contribution >= 4 is 5.91 Å². The number of ether oxygens (including phenoxy) is 1. The Morgan fingerprint density at radius 3 is 3.08 bits per heavy atom. The predicted molar refractivity (Wildman–Crippen MR) is 50.5 cm³/mol. The maximum Gasteiger partial charge on any atom is 0.221 e. The first-order valence-electron chi connectivity index (χ1n) is 4.82. The van der Waals surface area contributed by atoms with E-state index < -0.39 is 0 Å². The third kappa shape index (κ3) is 4.24. The molecule has 1 aliphatic rings. The van der Waals surface area contributed by atoms with E-state index >= 15 is 0 Å². The molecule has 1 atom stereocenters. The Labute approximate surface area is 79.0 Å². The molecular formula is C9H18N2O2. The third-order valence-electron chi connectivity index (χ3n) is 2.21. The van der Waals surface area contributed by atoms with E-state index in [1.54, 1.807) is 0 Å². The molecule has 4 nitrogen and oxygen atoms in total. The maximum atomic E-state index is 11.2. The maximum absolute atomic E-state index is 11.2. The van der Waals surface area contributed by atoms with E-state index in [4.69, 9.17) is 4.74 Å². The van der Waals surface area contributed by atoms with Crippen molar-refractivity contribution in [3.05, 3.63) is 0 Å². The van der Waals surface area contributed by atoms with Crippen LogP contribution in [0.3, 0.4) is 0 Å². The van der Waals surface area contributed by atoms with Gasteiger partial charge in [0.15, 0.2) is 0 Å². The Bertz CT molecular complexity index is 156. The van der Waals surface area contributed by atoms with E-state index in [0.29, 0.717) is 12.3 Å². The van der Waals surface area contributed by atoms with Gasteiger partial charge in [-0.3, -0.25) is 4.79 Å². The van der Waals surface area contributed by atoms with Gasteiger partial charge < -0.3 is 15.4 Å². The molecule has 1 saturated heterocycles. The molecule has 0 spiro atoms. The summed E-state index contributed by atoms with van der Waals surface area (Å²) in [6.07, 6.45) is 1.64. The van der Waals surface area contributed by atoms with Gasteiger partial charge in [0.1, 0.15) is 0 Å². The fraction of sp³-hybridized carbons (Fsp3) is 0.889. The molecule has 0 saturated carbocycles. The Morgan fingerprint density at radius 1 is 1.62 bits per heavy atom. The fourth-order valence-corrected chi connectivity index (χ4v) is 1.33. The van der Waals surface area contributed by atoms with Gasteiger partial charge in [0, 0.05) is 32.0 Å². The highest BCUT2D eigenvalue weighted by Crippen LogP contribution is 2.10. The number of rotatable bonds is 5.